The van der Waals surface area contributed by atoms with Crippen molar-refractivity contribution in [3.05, 3.63) is 58.2 Å². The van der Waals surface area contributed by atoms with Gasteiger partial charge in [0.15, 0.2) is 0 Å². The van der Waals surface area contributed by atoms with Crippen LogP contribution in [0.2, 0.25) is 0 Å². The minimum Gasteiger partial charge on any atom is -0.306 e. The van der Waals surface area contributed by atoms with Gasteiger partial charge in [0.2, 0.25) is 0 Å². The summed E-state index contributed by atoms with van der Waals surface area (Å²) in [5, 5.41) is 0. The molecule has 0 bridgehead atoms. The van der Waals surface area contributed by atoms with Crippen LogP contribution >= 0.6 is 0 Å². The number of nitrogens with two attached hydrogens (primary N) is 2. The molecular weight excluding hydrogens is 316 g/mol. The second-order valence-electron chi connectivity index (χ2n) is 9.19. The van der Waals surface area contributed by atoms with Gasteiger partial charge < -0.3 is 11.5 Å². The van der Waals surface area contributed by atoms with Crippen LogP contribution in [0.25, 0.3) is 0 Å². The number of rotatable bonds is 5. The first kappa shape index (κ1) is 20.9. The van der Waals surface area contributed by atoms with Crippen molar-refractivity contribution in [1.29, 1.82) is 0 Å². The van der Waals surface area contributed by atoms with E-state index in [1.54, 1.807) is 0 Å². The molecule has 0 aliphatic heterocycles. The molecule has 1 aliphatic rings. The van der Waals surface area contributed by atoms with Gasteiger partial charge in [0.25, 0.3) is 0 Å². The topological polar surface area (TPSA) is 52.0 Å². The predicted molar refractivity (Wildman–Crippen MR) is 114 cm³/mol. The maximum Gasteiger partial charge on any atom is 0.109 e. The summed E-state index contributed by atoms with van der Waals surface area (Å²) in [6, 6.07) is 7.09. The second-order valence-corrected chi connectivity index (χ2v) is 9.19. The molecule has 0 saturated carbocycles. The summed E-state index contributed by atoms with van der Waals surface area (Å²) in [4.78, 5) is 0. The zero-order chi connectivity index (χ0) is 19.8. The van der Waals surface area contributed by atoms with Gasteiger partial charge in [0.05, 0.1) is 0 Å². The van der Waals surface area contributed by atoms with Crippen molar-refractivity contribution >= 4 is 0 Å². The molecule has 0 saturated heterocycles. The van der Waals surface area contributed by atoms with Crippen molar-refractivity contribution in [3.63, 3.8) is 0 Å². The van der Waals surface area contributed by atoms with Crippen molar-refractivity contribution in [2.75, 3.05) is 0 Å². The molecule has 2 heteroatoms. The Hall–Kier alpha value is -1.38. The molecule has 1 aromatic rings. The molecule has 0 spiro atoms. The molecule has 0 aromatic heterocycles. The molecule has 144 valence electrons. The molecule has 26 heavy (non-hydrogen) atoms. The van der Waals surface area contributed by atoms with E-state index in [1.165, 1.54) is 16.7 Å². The van der Waals surface area contributed by atoms with E-state index in [9.17, 15) is 0 Å². The average molecular weight is 355 g/mol. The maximum atomic E-state index is 6.61. The Kier molecular flexibility index (Phi) is 6.20. The van der Waals surface area contributed by atoms with Gasteiger partial charge in [0, 0.05) is 5.92 Å². The first-order valence-corrected chi connectivity index (χ1v) is 10.1. The van der Waals surface area contributed by atoms with Crippen LogP contribution in [0.4, 0.5) is 0 Å². The Morgan fingerprint density at radius 1 is 0.654 bits per heavy atom. The summed E-state index contributed by atoms with van der Waals surface area (Å²) in [7, 11) is 0. The third-order valence-corrected chi connectivity index (χ3v) is 5.64. The van der Waals surface area contributed by atoms with Gasteiger partial charge in [-0.2, -0.15) is 0 Å². The van der Waals surface area contributed by atoms with E-state index in [4.69, 9.17) is 11.5 Å². The quantitative estimate of drug-likeness (QED) is 0.518. The third-order valence-electron chi connectivity index (χ3n) is 5.64. The summed E-state index contributed by atoms with van der Waals surface area (Å²) in [6.07, 6.45) is 4.61. The molecule has 0 radical (unpaired) electrons. The summed E-state index contributed by atoms with van der Waals surface area (Å²) in [6.45, 7) is 17.8. The molecule has 2 nitrogen and oxygen atoms in total. The predicted octanol–water partition coefficient (Wildman–Crippen LogP) is 5.81. The fourth-order valence-corrected chi connectivity index (χ4v) is 3.97. The van der Waals surface area contributed by atoms with E-state index in [2.05, 4.69) is 85.7 Å². The van der Waals surface area contributed by atoms with Gasteiger partial charge in [-0.25, -0.2) is 0 Å². The van der Waals surface area contributed by atoms with Gasteiger partial charge in [-0.05, 0) is 51.5 Å². The normalized spacial score (nSPS) is 18.1. The lowest BCUT2D eigenvalue weighted by molar-refractivity contribution is 0.473. The smallest absolute Gasteiger partial charge is 0.109 e. The van der Waals surface area contributed by atoms with Crippen LogP contribution in [-0.4, -0.2) is 5.66 Å². The minimum atomic E-state index is -0.838. The summed E-state index contributed by atoms with van der Waals surface area (Å²) < 4.78 is 0. The van der Waals surface area contributed by atoms with Crippen molar-refractivity contribution in [2.24, 2.45) is 23.3 Å². The Labute approximate surface area is 160 Å². The van der Waals surface area contributed by atoms with Gasteiger partial charge >= 0.3 is 0 Å². The van der Waals surface area contributed by atoms with Gasteiger partial charge in [0.1, 0.15) is 5.66 Å². The van der Waals surface area contributed by atoms with Crippen LogP contribution in [-0.2, 0) is 0 Å². The molecular formula is C24H38N2. The van der Waals surface area contributed by atoms with Crippen molar-refractivity contribution in [3.8, 4) is 0 Å². The number of hydrogen-bond donors (Lipinski definition) is 2. The van der Waals surface area contributed by atoms with Crippen LogP contribution < -0.4 is 11.5 Å². The van der Waals surface area contributed by atoms with Crippen molar-refractivity contribution in [1.82, 2.24) is 0 Å². The Morgan fingerprint density at radius 2 is 1.04 bits per heavy atom. The van der Waals surface area contributed by atoms with Crippen LogP contribution in [0, 0.1) is 11.8 Å². The van der Waals surface area contributed by atoms with Crippen LogP contribution in [0.3, 0.4) is 0 Å². The van der Waals surface area contributed by atoms with E-state index in [1.807, 2.05) is 0 Å². The standard InChI is InChI=1S/C24H38N2/c1-14(2)18-9-19(15(3)4)11-20(10-18)21-12-22(16(5)6)24(25,26)23(13-21)17(7)8/h9-17,21H,25-26H2,1-8H3. The lowest BCUT2D eigenvalue weighted by Crippen LogP contribution is -2.56. The van der Waals surface area contributed by atoms with Crippen molar-refractivity contribution < 1.29 is 0 Å². The third kappa shape index (κ3) is 4.13. The molecule has 0 unspecified atom stereocenters. The van der Waals surface area contributed by atoms with Crippen LogP contribution in [0.15, 0.2) is 41.5 Å². The molecule has 0 fully saturated rings. The van der Waals surface area contributed by atoms with E-state index >= 15 is 0 Å². The number of benzene rings is 1. The Morgan fingerprint density at radius 3 is 1.35 bits per heavy atom. The molecule has 1 aromatic carbocycles. The maximum absolute atomic E-state index is 6.61. The molecule has 0 atom stereocenters. The van der Waals surface area contributed by atoms with Crippen LogP contribution in [0.1, 0.15) is 89.8 Å². The molecule has 2 rings (SSSR count). The summed E-state index contributed by atoms with van der Waals surface area (Å²) >= 11 is 0. The highest BCUT2D eigenvalue weighted by Gasteiger charge is 2.36. The van der Waals surface area contributed by atoms with Crippen LogP contribution in [0.5, 0.6) is 0 Å². The van der Waals surface area contributed by atoms with Gasteiger partial charge in [-0.3, -0.25) is 0 Å². The fraction of sp³-hybridized carbons (Fsp3) is 0.583. The monoisotopic (exact) mass is 354 g/mol. The fourth-order valence-electron chi connectivity index (χ4n) is 3.97. The average Bonchev–Trinajstić information content (AvgIpc) is 2.53. The number of hydrogen-bond acceptors (Lipinski definition) is 2. The second kappa shape index (κ2) is 7.70. The highest BCUT2D eigenvalue weighted by Crippen LogP contribution is 2.40. The van der Waals surface area contributed by atoms with E-state index in [0.29, 0.717) is 23.7 Å². The van der Waals surface area contributed by atoms with Gasteiger partial charge in [-0.1, -0.05) is 85.7 Å². The van der Waals surface area contributed by atoms with E-state index < -0.39 is 5.66 Å². The summed E-state index contributed by atoms with van der Waals surface area (Å²) in [5.74, 6) is 1.92. The van der Waals surface area contributed by atoms with E-state index in [-0.39, 0.29) is 5.92 Å². The Bertz CT molecular complexity index is 649. The molecule has 0 heterocycles. The SMILES string of the molecule is CC(C)C1=CC(c2cc(C(C)C)cc(C(C)C)c2)C=C(C(C)C)C1(N)N. The van der Waals surface area contributed by atoms with Crippen molar-refractivity contribution in [2.45, 2.75) is 78.8 Å². The molecule has 4 N–H and O–H groups in total. The molecule has 0 amide bonds. The number of allylic oxidation sites excluding steroid dienone is 2. The first-order valence-electron chi connectivity index (χ1n) is 10.1. The Balaban J connectivity index is 2.64. The van der Waals surface area contributed by atoms with E-state index in [0.717, 1.165) is 11.1 Å². The summed E-state index contributed by atoms with van der Waals surface area (Å²) in [5.41, 5.74) is 18.8. The minimum absolute atomic E-state index is 0.237. The first-order chi connectivity index (χ1) is 11.9. The lowest BCUT2D eigenvalue weighted by Gasteiger charge is -2.39. The highest BCUT2D eigenvalue weighted by molar-refractivity contribution is 5.48. The largest absolute Gasteiger partial charge is 0.306 e. The zero-order valence-corrected chi connectivity index (χ0v) is 17.9. The molecule has 1 aliphatic carbocycles. The highest BCUT2D eigenvalue weighted by atomic mass is 15.0. The zero-order valence-electron chi connectivity index (χ0n) is 17.9. The lowest BCUT2D eigenvalue weighted by atomic mass is 9.73. The van der Waals surface area contributed by atoms with Gasteiger partial charge in [-0.15, -0.1) is 0 Å².